The highest BCUT2D eigenvalue weighted by molar-refractivity contribution is 6.30. The van der Waals surface area contributed by atoms with Gasteiger partial charge in [0.15, 0.2) is 0 Å². The quantitative estimate of drug-likeness (QED) is 0.927. The number of amides is 1. The Bertz CT molecular complexity index is 486. The van der Waals surface area contributed by atoms with Crippen molar-refractivity contribution in [2.24, 2.45) is 11.8 Å². The lowest BCUT2D eigenvalue weighted by Gasteiger charge is -2.31. The van der Waals surface area contributed by atoms with Crippen LogP contribution in [-0.4, -0.2) is 35.1 Å². The standard InChI is InChI=1S/C17H24ClNO2/c1-11(2)16(13-4-6-14(18)7-5-13)17(21)19-9-8-12(3)15(19)10-20/h4-7,11-12,15-16,20H,8-10H2,1-3H3. The van der Waals surface area contributed by atoms with E-state index in [4.69, 9.17) is 11.6 Å². The average molecular weight is 310 g/mol. The maximum absolute atomic E-state index is 13.0. The predicted octanol–water partition coefficient (Wildman–Crippen LogP) is 3.31. The molecule has 1 aromatic carbocycles. The Hall–Kier alpha value is -1.06. The van der Waals surface area contributed by atoms with Crippen molar-refractivity contribution in [1.82, 2.24) is 4.90 Å². The average Bonchev–Trinajstić information content (AvgIpc) is 2.81. The molecule has 0 bridgehead atoms. The number of halogens is 1. The molecule has 0 aromatic heterocycles. The highest BCUT2D eigenvalue weighted by Gasteiger charge is 2.38. The van der Waals surface area contributed by atoms with E-state index in [-0.39, 0.29) is 30.4 Å². The first-order valence-electron chi connectivity index (χ1n) is 7.62. The van der Waals surface area contributed by atoms with Crippen molar-refractivity contribution in [1.29, 1.82) is 0 Å². The summed E-state index contributed by atoms with van der Waals surface area (Å²) in [5, 5.41) is 10.2. The number of nitrogens with zero attached hydrogens (tertiary/aromatic N) is 1. The number of carbonyl (C=O) groups excluding carboxylic acids is 1. The van der Waals surface area contributed by atoms with Crippen molar-refractivity contribution >= 4 is 17.5 Å². The third kappa shape index (κ3) is 3.41. The molecule has 1 heterocycles. The van der Waals surface area contributed by atoms with Gasteiger partial charge in [-0.2, -0.15) is 0 Å². The molecule has 2 rings (SSSR count). The number of carbonyl (C=O) groups is 1. The molecule has 3 atom stereocenters. The lowest BCUT2D eigenvalue weighted by molar-refractivity contribution is -0.135. The van der Waals surface area contributed by atoms with E-state index in [1.54, 1.807) is 0 Å². The van der Waals surface area contributed by atoms with Gasteiger partial charge in [0.05, 0.1) is 18.6 Å². The van der Waals surface area contributed by atoms with Crippen LogP contribution in [0, 0.1) is 11.8 Å². The molecule has 1 aliphatic rings. The van der Waals surface area contributed by atoms with Gasteiger partial charge in [0.25, 0.3) is 0 Å². The molecule has 1 amide bonds. The maximum Gasteiger partial charge on any atom is 0.230 e. The van der Waals surface area contributed by atoms with Gasteiger partial charge in [0.2, 0.25) is 5.91 Å². The zero-order valence-corrected chi connectivity index (χ0v) is 13.7. The van der Waals surface area contributed by atoms with Gasteiger partial charge >= 0.3 is 0 Å². The second-order valence-electron chi connectivity index (χ2n) is 6.32. The summed E-state index contributed by atoms with van der Waals surface area (Å²) in [6.45, 7) is 7.00. The van der Waals surface area contributed by atoms with Crippen molar-refractivity contribution in [2.75, 3.05) is 13.2 Å². The SMILES string of the molecule is CC(C)C(C(=O)N1CCC(C)C1CO)c1ccc(Cl)cc1. The van der Waals surface area contributed by atoms with Crippen LogP contribution in [-0.2, 0) is 4.79 Å². The monoisotopic (exact) mass is 309 g/mol. The fraction of sp³-hybridized carbons (Fsp3) is 0.588. The smallest absolute Gasteiger partial charge is 0.230 e. The van der Waals surface area contributed by atoms with Gasteiger partial charge in [-0.05, 0) is 36.0 Å². The molecule has 0 spiro atoms. The minimum atomic E-state index is -0.179. The molecule has 0 saturated carbocycles. The van der Waals surface area contributed by atoms with Crippen molar-refractivity contribution in [3.8, 4) is 0 Å². The fourth-order valence-corrected chi connectivity index (χ4v) is 3.35. The van der Waals surface area contributed by atoms with Crippen molar-refractivity contribution in [3.05, 3.63) is 34.9 Å². The Labute approximate surface area is 131 Å². The van der Waals surface area contributed by atoms with Crippen LogP contribution >= 0.6 is 11.6 Å². The molecule has 1 fully saturated rings. The Kier molecular flexibility index (Phi) is 5.28. The molecule has 3 nitrogen and oxygen atoms in total. The van der Waals surface area contributed by atoms with Gasteiger partial charge in [0, 0.05) is 11.6 Å². The van der Waals surface area contributed by atoms with E-state index in [1.807, 2.05) is 29.2 Å². The number of benzene rings is 1. The summed E-state index contributed by atoms with van der Waals surface area (Å²) in [5.74, 6) is 0.503. The zero-order chi connectivity index (χ0) is 15.6. The Balaban J connectivity index is 2.26. The largest absolute Gasteiger partial charge is 0.394 e. The van der Waals surface area contributed by atoms with Crippen LogP contribution in [0.3, 0.4) is 0 Å². The van der Waals surface area contributed by atoms with Gasteiger partial charge in [-0.15, -0.1) is 0 Å². The minimum absolute atomic E-state index is 0.0400. The molecule has 0 radical (unpaired) electrons. The van der Waals surface area contributed by atoms with Gasteiger partial charge < -0.3 is 10.0 Å². The summed E-state index contributed by atoms with van der Waals surface area (Å²) >= 11 is 5.94. The molecule has 1 N–H and O–H groups in total. The lowest BCUT2D eigenvalue weighted by atomic mass is 9.87. The van der Waals surface area contributed by atoms with E-state index in [0.29, 0.717) is 10.9 Å². The summed E-state index contributed by atoms with van der Waals surface area (Å²) in [4.78, 5) is 14.8. The highest BCUT2D eigenvalue weighted by Crippen LogP contribution is 2.32. The van der Waals surface area contributed by atoms with E-state index in [0.717, 1.165) is 18.5 Å². The second kappa shape index (κ2) is 6.80. The molecule has 21 heavy (non-hydrogen) atoms. The normalized spacial score (nSPS) is 23.6. The first kappa shape index (κ1) is 16.3. The Morgan fingerprint density at radius 1 is 1.38 bits per heavy atom. The lowest BCUT2D eigenvalue weighted by Crippen LogP contribution is -2.43. The summed E-state index contributed by atoms with van der Waals surface area (Å²) in [6, 6.07) is 7.47. The number of hydrogen-bond acceptors (Lipinski definition) is 2. The number of aliphatic hydroxyl groups excluding tert-OH is 1. The summed E-state index contributed by atoms with van der Waals surface area (Å²) in [7, 11) is 0. The molecular formula is C17H24ClNO2. The molecule has 0 aliphatic carbocycles. The van der Waals surface area contributed by atoms with Gasteiger partial charge in [0.1, 0.15) is 0 Å². The molecule has 1 aliphatic heterocycles. The first-order chi connectivity index (χ1) is 9.95. The Morgan fingerprint density at radius 3 is 2.52 bits per heavy atom. The van der Waals surface area contributed by atoms with Gasteiger partial charge in [-0.25, -0.2) is 0 Å². The zero-order valence-electron chi connectivity index (χ0n) is 12.9. The molecular weight excluding hydrogens is 286 g/mol. The summed E-state index contributed by atoms with van der Waals surface area (Å²) in [6.07, 6.45) is 0.961. The van der Waals surface area contributed by atoms with Crippen molar-refractivity contribution in [3.63, 3.8) is 0 Å². The number of hydrogen-bond donors (Lipinski definition) is 1. The molecule has 1 saturated heterocycles. The number of likely N-dealkylation sites (tertiary alicyclic amines) is 1. The van der Waals surface area contributed by atoms with Crippen LogP contribution in [0.15, 0.2) is 24.3 Å². The third-order valence-electron chi connectivity index (χ3n) is 4.51. The first-order valence-corrected chi connectivity index (χ1v) is 8.00. The van der Waals surface area contributed by atoms with Crippen molar-refractivity contribution in [2.45, 2.75) is 39.2 Å². The van der Waals surface area contributed by atoms with Crippen LogP contribution in [0.25, 0.3) is 0 Å². The fourth-order valence-electron chi connectivity index (χ4n) is 3.22. The number of rotatable bonds is 4. The van der Waals surface area contributed by atoms with Gasteiger partial charge in [-0.3, -0.25) is 4.79 Å². The molecule has 116 valence electrons. The second-order valence-corrected chi connectivity index (χ2v) is 6.76. The summed E-state index contributed by atoms with van der Waals surface area (Å²) < 4.78 is 0. The molecule has 4 heteroatoms. The van der Waals surface area contributed by atoms with Crippen LogP contribution in [0.1, 0.15) is 38.7 Å². The van der Waals surface area contributed by atoms with Crippen LogP contribution in [0.5, 0.6) is 0 Å². The summed E-state index contributed by atoms with van der Waals surface area (Å²) in [5.41, 5.74) is 0.996. The van der Waals surface area contributed by atoms with E-state index in [1.165, 1.54) is 0 Å². The Morgan fingerprint density at radius 2 is 2.00 bits per heavy atom. The maximum atomic E-state index is 13.0. The van der Waals surface area contributed by atoms with E-state index in [2.05, 4.69) is 20.8 Å². The molecule has 1 aromatic rings. The predicted molar refractivity (Wildman–Crippen MR) is 85.4 cm³/mol. The van der Waals surface area contributed by atoms with Crippen LogP contribution in [0.4, 0.5) is 0 Å². The minimum Gasteiger partial charge on any atom is -0.394 e. The highest BCUT2D eigenvalue weighted by atomic mass is 35.5. The topological polar surface area (TPSA) is 40.5 Å². The molecule has 3 unspecified atom stereocenters. The van der Waals surface area contributed by atoms with E-state index in [9.17, 15) is 9.90 Å². The van der Waals surface area contributed by atoms with Crippen molar-refractivity contribution < 1.29 is 9.90 Å². The third-order valence-corrected chi connectivity index (χ3v) is 4.77. The van der Waals surface area contributed by atoms with E-state index >= 15 is 0 Å². The van der Waals surface area contributed by atoms with E-state index < -0.39 is 0 Å². The van der Waals surface area contributed by atoms with Crippen LogP contribution in [0.2, 0.25) is 5.02 Å². The van der Waals surface area contributed by atoms with Crippen LogP contribution < -0.4 is 0 Å². The van der Waals surface area contributed by atoms with Gasteiger partial charge in [-0.1, -0.05) is 44.5 Å². The number of aliphatic hydroxyl groups is 1.